The van der Waals surface area contributed by atoms with Crippen molar-refractivity contribution in [2.75, 3.05) is 5.32 Å². The lowest BCUT2D eigenvalue weighted by molar-refractivity contribution is 1.05. The number of anilines is 2. The number of aryl methyl sites for hydroxylation is 1. The number of nitrogens with zero attached hydrogens (tertiary/aromatic N) is 3. The van der Waals surface area contributed by atoms with Gasteiger partial charge in [0, 0.05) is 0 Å². The Morgan fingerprint density at radius 1 is 1.33 bits per heavy atom. The molecule has 2 rings (SSSR count). The third-order valence-electron chi connectivity index (χ3n) is 1.78. The van der Waals surface area contributed by atoms with Crippen LogP contribution in [0.5, 0.6) is 0 Å². The molecule has 0 aliphatic carbocycles. The molecule has 0 bridgehead atoms. The SMILES string of the molecule is Cc1[nH]ncc1Nc1ncc(Cl)c(Cl)n1. The summed E-state index contributed by atoms with van der Waals surface area (Å²) in [5, 5.41) is 10.1. The van der Waals surface area contributed by atoms with Gasteiger partial charge in [-0.25, -0.2) is 4.98 Å². The highest BCUT2D eigenvalue weighted by Crippen LogP contribution is 2.21. The number of aromatic amines is 1. The van der Waals surface area contributed by atoms with Crippen molar-refractivity contribution in [2.45, 2.75) is 6.92 Å². The first kappa shape index (κ1) is 10.2. The highest BCUT2D eigenvalue weighted by atomic mass is 35.5. The second-order valence-electron chi connectivity index (χ2n) is 2.87. The van der Waals surface area contributed by atoms with Crippen LogP contribution in [0.25, 0.3) is 0 Å². The Kier molecular flexibility index (Phi) is 2.75. The molecule has 0 aliphatic heterocycles. The van der Waals surface area contributed by atoms with Gasteiger partial charge >= 0.3 is 0 Å². The molecule has 7 heteroatoms. The lowest BCUT2D eigenvalue weighted by Crippen LogP contribution is -1.97. The molecule has 2 aromatic rings. The minimum atomic E-state index is 0.218. The number of hydrogen-bond donors (Lipinski definition) is 2. The van der Waals surface area contributed by atoms with Crippen molar-refractivity contribution in [1.82, 2.24) is 20.2 Å². The van der Waals surface area contributed by atoms with E-state index in [4.69, 9.17) is 23.2 Å². The van der Waals surface area contributed by atoms with Crippen LogP contribution in [0, 0.1) is 6.92 Å². The molecule has 5 nitrogen and oxygen atoms in total. The van der Waals surface area contributed by atoms with Crippen LogP contribution in [0.1, 0.15) is 5.69 Å². The third-order valence-corrected chi connectivity index (χ3v) is 2.44. The van der Waals surface area contributed by atoms with Crippen molar-refractivity contribution in [2.24, 2.45) is 0 Å². The highest BCUT2D eigenvalue weighted by molar-refractivity contribution is 6.41. The lowest BCUT2D eigenvalue weighted by atomic mass is 10.4. The van der Waals surface area contributed by atoms with Gasteiger partial charge in [0.25, 0.3) is 0 Å². The Hall–Kier alpha value is -1.33. The monoisotopic (exact) mass is 243 g/mol. The molecule has 0 saturated carbocycles. The van der Waals surface area contributed by atoms with Gasteiger partial charge in [-0.3, -0.25) is 5.10 Å². The maximum absolute atomic E-state index is 5.75. The molecule has 0 radical (unpaired) electrons. The van der Waals surface area contributed by atoms with Gasteiger partial charge in [0.1, 0.15) is 0 Å². The van der Waals surface area contributed by atoms with Gasteiger partial charge in [0.15, 0.2) is 5.15 Å². The van der Waals surface area contributed by atoms with Crippen LogP contribution in [0.15, 0.2) is 12.4 Å². The topological polar surface area (TPSA) is 66.5 Å². The smallest absolute Gasteiger partial charge is 0.228 e. The van der Waals surface area contributed by atoms with E-state index in [-0.39, 0.29) is 5.15 Å². The van der Waals surface area contributed by atoms with Crippen LogP contribution < -0.4 is 5.32 Å². The summed E-state index contributed by atoms with van der Waals surface area (Å²) in [4.78, 5) is 7.93. The standard InChI is InChI=1S/C8H7Cl2N5/c1-4-6(3-12-15-4)13-8-11-2-5(9)7(10)14-8/h2-3H,1H3,(H,12,15)(H,11,13,14). The quantitative estimate of drug-likeness (QED) is 0.796. The van der Waals surface area contributed by atoms with Crippen LogP contribution in [0.2, 0.25) is 10.2 Å². The number of H-pyrrole nitrogens is 1. The Morgan fingerprint density at radius 2 is 2.13 bits per heavy atom. The molecule has 0 aliphatic rings. The number of aromatic nitrogens is 4. The van der Waals surface area contributed by atoms with E-state index in [9.17, 15) is 0 Å². The molecule has 0 saturated heterocycles. The van der Waals surface area contributed by atoms with E-state index in [1.165, 1.54) is 6.20 Å². The van der Waals surface area contributed by atoms with Gasteiger partial charge < -0.3 is 5.32 Å². The molecule has 0 fully saturated rings. The van der Waals surface area contributed by atoms with Crippen molar-refractivity contribution in [1.29, 1.82) is 0 Å². The fourth-order valence-corrected chi connectivity index (χ4v) is 1.22. The van der Waals surface area contributed by atoms with Gasteiger partial charge in [-0.2, -0.15) is 10.1 Å². The minimum Gasteiger partial charge on any atom is -0.321 e. The van der Waals surface area contributed by atoms with E-state index in [2.05, 4.69) is 25.5 Å². The minimum absolute atomic E-state index is 0.218. The van der Waals surface area contributed by atoms with E-state index in [1.54, 1.807) is 6.20 Å². The molecule has 78 valence electrons. The summed E-state index contributed by atoms with van der Waals surface area (Å²) in [6.45, 7) is 1.88. The van der Waals surface area contributed by atoms with Crippen LogP contribution in [0.3, 0.4) is 0 Å². The number of halogens is 2. The summed E-state index contributed by atoms with van der Waals surface area (Å²) >= 11 is 11.4. The second kappa shape index (κ2) is 4.04. The lowest BCUT2D eigenvalue weighted by Gasteiger charge is -2.03. The zero-order valence-electron chi connectivity index (χ0n) is 7.75. The van der Waals surface area contributed by atoms with Crippen molar-refractivity contribution in [3.63, 3.8) is 0 Å². The summed E-state index contributed by atoms with van der Waals surface area (Å²) in [5.41, 5.74) is 1.69. The Labute approximate surface area is 95.8 Å². The summed E-state index contributed by atoms with van der Waals surface area (Å²) in [6.07, 6.45) is 3.08. The van der Waals surface area contributed by atoms with Crippen molar-refractivity contribution in [3.05, 3.63) is 28.3 Å². The van der Waals surface area contributed by atoms with Gasteiger partial charge in [-0.15, -0.1) is 0 Å². The van der Waals surface area contributed by atoms with Crippen LogP contribution >= 0.6 is 23.2 Å². The Morgan fingerprint density at radius 3 is 2.73 bits per heavy atom. The van der Waals surface area contributed by atoms with Gasteiger partial charge in [0.2, 0.25) is 5.95 Å². The normalized spacial score (nSPS) is 10.3. The number of nitrogens with one attached hydrogen (secondary N) is 2. The van der Waals surface area contributed by atoms with Crippen LogP contribution in [0.4, 0.5) is 11.6 Å². The zero-order valence-corrected chi connectivity index (χ0v) is 9.26. The van der Waals surface area contributed by atoms with Crippen LogP contribution in [-0.2, 0) is 0 Å². The van der Waals surface area contributed by atoms with Gasteiger partial charge in [0.05, 0.1) is 28.8 Å². The predicted molar refractivity (Wildman–Crippen MR) is 58.7 cm³/mol. The molecule has 0 aromatic carbocycles. The number of rotatable bonds is 2. The van der Waals surface area contributed by atoms with E-state index in [0.29, 0.717) is 11.0 Å². The van der Waals surface area contributed by atoms with E-state index in [1.807, 2.05) is 6.92 Å². The van der Waals surface area contributed by atoms with E-state index >= 15 is 0 Å². The molecule has 2 heterocycles. The Bertz CT molecular complexity index is 482. The largest absolute Gasteiger partial charge is 0.321 e. The van der Waals surface area contributed by atoms with Crippen molar-refractivity contribution in [3.8, 4) is 0 Å². The second-order valence-corrected chi connectivity index (χ2v) is 3.63. The van der Waals surface area contributed by atoms with Gasteiger partial charge in [-0.1, -0.05) is 23.2 Å². The first-order valence-corrected chi connectivity index (χ1v) is 4.87. The molecule has 0 unspecified atom stereocenters. The fraction of sp³-hybridized carbons (Fsp3) is 0.125. The third kappa shape index (κ3) is 2.19. The molecular weight excluding hydrogens is 237 g/mol. The van der Waals surface area contributed by atoms with Crippen LogP contribution in [-0.4, -0.2) is 20.2 Å². The molecular formula is C8H7Cl2N5. The van der Waals surface area contributed by atoms with Crippen molar-refractivity contribution < 1.29 is 0 Å². The first-order valence-electron chi connectivity index (χ1n) is 4.12. The average Bonchev–Trinajstić information content (AvgIpc) is 2.59. The van der Waals surface area contributed by atoms with E-state index in [0.717, 1.165) is 11.4 Å². The first-order chi connectivity index (χ1) is 7.16. The van der Waals surface area contributed by atoms with Crippen molar-refractivity contribution >= 4 is 34.8 Å². The highest BCUT2D eigenvalue weighted by Gasteiger charge is 2.05. The Balaban J connectivity index is 2.25. The zero-order chi connectivity index (χ0) is 10.8. The molecule has 0 spiro atoms. The summed E-state index contributed by atoms with van der Waals surface area (Å²) in [6, 6.07) is 0. The average molecular weight is 244 g/mol. The predicted octanol–water partition coefficient (Wildman–Crippen LogP) is 2.56. The molecule has 2 aromatic heterocycles. The molecule has 15 heavy (non-hydrogen) atoms. The number of hydrogen-bond acceptors (Lipinski definition) is 4. The summed E-state index contributed by atoms with van der Waals surface area (Å²) in [5.74, 6) is 0.383. The summed E-state index contributed by atoms with van der Waals surface area (Å²) in [7, 11) is 0. The maximum Gasteiger partial charge on any atom is 0.228 e. The molecule has 2 N–H and O–H groups in total. The van der Waals surface area contributed by atoms with Gasteiger partial charge in [-0.05, 0) is 6.92 Å². The molecule has 0 amide bonds. The van der Waals surface area contributed by atoms with E-state index < -0.39 is 0 Å². The molecule has 0 atom stereocenters. The fourth-order valence-electron chi connectivity index (χ4n) is 1.00. The maximum atomic E-state index is 5.75. The summed E-state index contributed by atoms with van der Waals surface area (Å²) < 4.78 is 0.